The van der Waals surface area contributed by atoms with E-state index in [-0.39, 0.29) is 5.82 Å². The molecule has 1 aromatic carbocycles. The minimum atomic E-state index is 0.161. The van der Waals surface area contributed by atoms with Crippen LogP contribution in [-0.4, -0.2) is 28.8 Å². The van der Waals surface area contributed by atoms with Crippen LogP contribution in [0.25, 0.3) is 22.5 Å². The number of aryl methyl sites for hydroxylation is 1. The quantitative estimate of drug-likeness (QED) is 0.787. The summed E-state index contributed by atoms with van der Waals surface area (Å²) >= 11 is 0. The average Bonchev–Trinajstić information content (AvgIpc) is 3.06. The molecule has 0 aliphatic rings. The predicted molar refractivity (Wildman–Crippen MR) is 94.1 cm³/mol. The Morgan fingerprint density at radius 1 is 1.16 bits per heavy atom. The molecular weight excluding hydrogens is 318 g/mol. The van der Waals surface area contributed by atoms with Crippen molar-refractivity contribution in [1.82, 2.24) is 14.5 Å². The van der Waals surface area contributed by atoms with E-state index < -0.39 is 0 Å². The van der Waals surface area contributed by atoms with Crippen LogP contribution in [0.3, 0.4) is 0 Å². The zero-order valence-corrected chi connectivity index (χ0v) is 14.1. The molecule has 0 aliphatic carbocycles. The molecule has 0 saturated heterocycles. The van der Waals surface area contributed by atoms with E-state index in [0.717, 1.165) is 11.3 Å². The van der Waals surface area contributed by atoms with Crippen molar-refractivity contribution in [2.75, 3.05) is 20.0 Å². The van der Waals surface area contributed by atoms with Gasteiger partial charge >= 0.3 is 0 Å². The number of nitrogens with zero attached hydrogens (tertiary/aromatic N) is 4. The van der Waals surface area contributed by atoms with Gasteiger partial charge in [-0.25, -0.2) is 9.97 Å². The molecule has 126 valence electrons. The second-order valence-corrected chi connectivity index (χ2v) is 5.38. The normalized spacial score (nSPS) is 10.3. The van der Waals surface area contributed by atoms with Crippen LogP contribution in [0.1, 0.15) is 5.56 Å². The number of ether oxygens (including phenoxy) is 2. The van der Waals surface area contributed by atoms with Crippen LogP contribution in [0, 0.1) is 11.3 Å². The highest BCUT2D eigenvalue weighted by atomic mass is 16.5. The Morgan fingerprint density at radius 2 is 1.96 bits per heavy atom. The van der Waals surface area contributed by atoms with E-state index in [1.54, 1.807) is 32.8 Å². The van der Waals surface area contributed by atoms with Crippen molar-refractivity contribution in [3.8, 4) is 40.1 Å². The summed E-state index contributed by atoms with van der Waals surface area (Å²) in [5.41, 5.74) is 9.17. The maximum absolute atomic E-state index is 9.48. The highest BCUT2D eigenvalue weighted by molar-refractivity contribution is 5.80. The maximum atomic E-state index is 9.48. The van der Waals surface area contributed by atoms with Crippen LogP contribution < -0.4 is 15.2 Å². The van der Waals surface area contributed by atoms with E-state index in [9.17, 15) is 5.26 Å². The third-order valence-corrected chi connectivity index (χ3v) is 3.94. The number of pyridine rings is 1. The predicted octanol–water partition coefficient (Wildman–Crippen LogP) is 2.62. The first-order valence-electron chi connectivity index (χ1n) is 7.48. The van der Waals surface area contributed by atoms with Gasteiger partial charge in [0.15, 0.2) is 0 Å². The summed E-state index contributed by atoms with van der Waals surface area (Å²) in [5, 5.41) is 9.48. The molecule has 0 amide bonds. The summed E-state index contributed by atoms with van der Waals surface area (Å²) in [5.74, 6) is 1.44. The number of nitrogen functional groups attached to an aromatic ring is 1. The van der Waals surface area contributed by atoms with Gasteiger partial charge in [-0.1, -0.05) is 0 Å². The Hall–Kier alpha value is -3.53. The van der Waals surface area contributed by atoms with Crippen LogP contribution in [0.15, 0.2) is 36.8 Å². The lowest BCUT2D eigenvalue weighted by molar-refractivity contribution is 0.395. The number of benzene rings is 1. The number of nitriles is 1. The Kier molecular flexibility index (Phi) is 4.27. The number of rotatable bonds is 4. The molecule has 2 heterocycles. The molecule has 7 heteroatoms. The van der Waals surface area contributed by atoms with Crippen LogP contribution in [-0.2, 0) is 7.05 Å². The fourth-order valence-electron chi connectivity index (χ4n) is 2.65. The summed E-state index contributed by atoms with van der Waals surface area (Å²) in [6, 6.07) is 9.38. The Balaban J connectivity index is 2.25. The first kappa shape index (κ1) is 16.3. The van der Waals surface area contributed by atoms with E-state index in [2.05, 4.69) is 16.0 Å². The van der Waals surface area contributed by atoms with Gasteiger partial charge in [-0.15, -0.1) is 0 Å². The molecule has 0 unspecified atom stereocenters. The first-order valence-corrected chi connectivity index (χ1v) is 7.48. The molecule has 0 aliphatic heterocycles. The van der Waals surface area contributed by atoms with Crippen molar-refractivity contribution in [2.24, 2.45) is 7.05 Å². The Labute approximate surface area is 145 Å². The van der Waals surface area contributed by atoms with Gasteiger partial charge in [0.2, 0.25) is 0 Å². The van der Waals surface area contributed by atoms with Gasteiger partial charge in [-0.3, -0.25) is 0 Å². The lowest BCUT2D eigenvalue weighted by Gasteiger charge is -2.13. The van der Waals surface area contributed by atoms with E-state index in [4.69, 9.17) is 15.2 Å². The van der Waals surface area contributed by atoms with Crippen molar-refractivity contribution < 1.29 is 9.47 Å². The van der Waals surface area contributed by atoms with Crippen molar-refractivity contribution in [3.63, 3.8) is 0 Å². The molecule has 0 bridgehead atoms. The highest BCUT2D eigenvalue weighted by Gasteiger charge is 2.17. The molecule has 0 fully saturated rings. The minimum Gasteiger partial charge on any atom is -0.497 e. The lowest BCUT2D eigenvalue weighted by Crippen LogP contribution is -2.02. The molecule has 0 saturated carbocycles. The largest absolute Gasteiger partial charge is 0.497 e. The number of anilines is 1. The minimum absolute atomic E-state index is 0.161. The average molecular weight is 335 g/mol. The molecular formula is C18H17N5O2. The highest BCUT2D eigenvalue weighted by Crippen LogP contribution is 2.36. The molecule has 25 heavy (non-hydrogen) atoms. The fraction of sp³-hybridized carbons (Fsp3) is 0.167. The molecule has 3 rings (SSSR count). The number of aromatic nitrogens is 3. The molecule has 3 aromatic rings. The number of hydrogen-bond donors (Lipinski definition) is 1. The summed E-state index contributed by atoms with van der Waals surface area (Å²) in [7, 11) is 5.02. The standard InChI is InChI=1S/C18H17N5O2/c1-23-10-21-9-16(23)13-7-15(22-18(20)14(13)8-19)12-5-4-11(24-2)6-17(12)25-3/h4-7,9-10H,1-3H3,(H2,20,22). The van der Waals surface area contributed by atoms with Crippen molar-refractivity contribution in [1.29, 1.82) is 5.26 Å². The summed E-state index contributed by atoms with van der Waals surface area (Å²) in [6.45, 7) is 0. The van der Waals surface area contributed by atoms with Crippen LogP contribution >= 0.6 is 0 Å². The topological polar surface area (TPSA) is 99.0 Å². The van der Waals surface area contributed by atoms with E-state index in [1.807, 2.05) is 29.8 Å². The van der Waals surface area contributed by atoms with Gasteiger partial charge in [0.1, 0.15) is 28.9 Å². The van der Waals surface area contributed by atoms with Gasteiger partial charge in [-0.2, -0.15) is 5.26 Å². The van der Waals surface area contributed by atoms with E-state index in [1.165, 1.54) is 0 Å². The van der Waals surface area contributed by atoms with E-state index in [0.29, 0.717) is 28.3 Å². The second-order valence-electron chi connectivity index (χ2n) is 5.38. The molecule has 7 nitrogen and oxygen atoms in total. The summed E-state index contributed by atoms with van der Waals surface area (Å²) < 4.78 is 12.5. The third kappa shape index (κ3) is 2.85. The fourth-order valence-corrected chi connectivity index (χ4v) is 2.65. The molecule has 2 N–H and O–H groups in total. The first-order chi connectivity index (χ1) is 12.1. The molecule has 0 spiro atoms. The van der Waals surface area contributed by atoms with Crippen molar-refractivity contribution in [3.05, 3.63) is 42.4 Å². The number of hydrogen-bond acceptors (Lipinski definition) is 6. The zero-order valence-electron chi connectivity index (χ0n) is 14.1. The summed E-state index contributed by atoms with van der Waals surface area (Å²) in [4.78, 5) is 8.50. The van der Waals surface area contributed by atoms with Crippen LogP contribution in [0.4, 0.5) is 5.82 Å². The van der Waals surface area contributed by atoms with Crippen LogP contribution in [0.2, 0.25) is 0 Å². The molecule has 0 atom stereocenters. The number of imidazole rings is 1. The van der Waals surface area contributed by atoms with Crippen LogP contribution in [0.5, 0.6) is 11.5 Å². The molecule has 0 radical (unpaired) electrons. The maximum Gasteiger partial charge on any atom is 0.142 e. The summed E-state index contributed by atoms with van der Waals surface area (Å²) in [6.07, 6.45) is 3.35. The Morgan fingerprint density at radius 3 is 2.56 bits per heavy atom. The van der Waals surface area contributed by atoms with Crippen molar-refractivity contribution >= 4 is 5.82 Å². The monoisotopic (exact) mass is 335 g/mol. The number of methoxy groups -OCH3 is 2. The van der Waals surface area contributed by atoms with Gasteiger partial charge in [0.25, 0.3) is 0 Å². The van der Waals surface area contributed by atoms with Gasteiger partial charge in [-0.05, 0) is 18.2 Å². The van der Waals surface area contributed by atoms with Gasteiger partial charge in [0.05, 0.1) is 38.1 Å². The zero-order chi connectivity index (χ0) is 18.0. The third-order valence-electron chi connectivity index (χ3n) is 3.94. The van der Waals surface area contributed by atoms with Gasteiger partial charge in [0, 0.05) is 24.2 Å². The molecule has 2 aromatic heterocycles. The SMILES string of the molecule is COc1ccc(-c2cc(-c3cncn3C)c(C#N)c(N)n2)c(OC)c1. The smallest absolute Gasteiger partial charge is 0.142 e. The van der Waals surface area contributed by atoms with E-state index >= 15 is 0 Å². The second kappa shape index (κ2) is 6.53. The lowest BCUT2D eigenvalue weighted by atomic mass is 10.0. The Bertz CT molecular complexity index is 972. The van der Waals surface area contributed by atoms with Gasteiger partial charge < -0.3 is 19.8 Å². The van der Waals surface area contributed by atoms with Crippen molar-refractivity contribution in [2.45, 2.75) is 0 Å². The number of nitrogens with two attached hydrogens (primary N) is 1.